The molecule has 2 fully saturated rings. The van der Waals surface area contributed by atoms with Gasteiger partial charge in [-0.2, -0.15) is 0 Å². The quantitative estimate of drug-likeness (QED) is 0.907. The van der Waals surface area contributed by atoms with E-state index in [0.29, 0.717) is 6.61 Å². The number of amides is 1. The molecule has 0 radical (unpaired) electrons. The summed E-state index contributed by atoms with van der Waals surface area (Å²) >= 11 is 0. The highest BCUT2D eigenvalue weighted by Crippen LogP contribution is 2.61. The van der Waals surface area contributed by atoms with E-state index >= 15 is 0 Å². The molecule has 1 aromatic rings. The van der Waals surface area contributed by atoms with Gasteiger partial charge in [-0.1, -0.05) is 32.0 Å². The average Bonchev–Trinajstić information content (AvgIpc) is 3.11. The summed E-state index contributed by atoms with van der Waals surface area (Å²) in [6.07, 6.45) is 0.510. The molecule has 0 unspecified atom stereocenters. The first-order valence-electron chi connectivity index (χ1n) is 7.82. The molecule has 5 nitrogen and oxygen atoms in total. The molecule has 0 spiro atoms. The van der Waals surface area contributed by atoms with Crippen LogP contribution < -0.4 is 4.90 Å². The van der Waals surface area contributed by atoms with Crippen molar-refractivity contribution in [3.63, 3.8) is 0 Å². The predicted octanol–water partition coefficient (Wildman–Crippen LogP) is 1.94. The second-order valence-corrected chi connectivity index (χ2v) is 7.36. The van der Waals surface area contributed by atoms with Crippen molar-refractivity contribution in [2.45, 2.75) is 37.9 Å². The lowest BCUT2D eigenvalue weighted by molar-refractivity contribution is 0.0464. The fraction of sp³-hybridized carbons (Fsp3) is 0.588. The van der Waals surface area contributed by atoms with Crippen LogP contribution in [0.5, 0.6) is 0 Å². The number of rotatable bonds is 2. The topological polar surface area (TPSA) is 53.0 Å². The number of nitrogens with zero attached hydrogens (tertiary/aromatic N) is 2. The molecular formula is C17H22N2O3. The number of carbonyl (C=O) groups excluding carboxylic acids is 1. The molecule has 0 saturated carbocycles. The van der Waals surface area contributed by atoms with Gasteiger partial charge in [0.1, 0.15) is 12.8 Å². The van der Waals surface area contributed by atoms with Crippen LogP contribution >= 0.6 is 0 Å². The largest absolute Gasteiger partial charge is 0.447 e. The zero-order valence-corrected chi connectivity index (χ0v) is 13.2. The first kappa shape index (κ1) is 13.9. The zero-order chi connectivity index (χ0) is 15.7. The van der Waals surface area contributed by atoms with Crippen LogP contribution in [0.3, 0.4) is 0 Å². The lowest BCUT2D eigenvalue weighted by Crippen LogP contribution is -2.56. The van der Waals surface area contributed by atoms with Gasteiger partial charge in [0.15, 0.2) is 0 Å². The number of aliphatic hydroxyl groups is 1. The maximum Gasteiger partial charge on any atom is 0.411 e. The van der Waals surface area contributed by atoms with Crippen LogP contribution in [0.4, 0.5) is 10.5 Å². The number of para-hydroxylation sites is 1. The summed E-state index contributed by atoms with van der Waals surface area (Å²) < 4.78 is 5.26. The van der Waals surface area contributed by atoms with Crippen LogP contribution in [0.1, 0.15) is 25.8 Å². The van der Waals surface area contributed by atoms with Gasteiger partial charge in [-0.25, -0.2) is 4.79 Å². The van der Waals surface area contributed by atoms with Gasteiger partial charge in [0, 0.05) is 30.2 Å². The number of benzene rings is 1. The number of likely N-dealkylation sites (N-methyl/N-ethyl adjacent to an activating group) is 1. The number of hydrogen-bond donors (Lipinski definition) is 1. The van der Waals surface area contributed by atoms with E-state index in [9.17, 15) is 9.90 Å². The average molecular weight is 302 g/mol. The highest BCUT2D eigenvalue weighted by Gasteiger charge is 2.68. The second-order valence-electron chi connectivity index (χ2n) is 7.36. The van der Waals surface area contributed by atoms with Gasteiger partial charge in [-0.3, -0.25) is 4.90 Å². The number of ether oxygens (including phenoxy) is 1. The first-order valence-corrected chi connectivity index (χ1v) is 7.82. The number of aliphatic hydroxyl groups excluding tert-OH is 1. The van der Waals surface area contributed by atoms with Crippen molar-refractivity contribution >= 4 is 11.8 Å². The molecule has 0 aliphatic carbocycles. The van der Waals surface area contributed by atoms with Crippen molar-refractivity contribution < 1.29 is 14.6 Å². The molecule has 4 rings (SSSR count). The van der Waals surface area contributed by atoms with Crippen LogP contribution in [0, 0.1) is 5.41 Å². The Hall–Kier alpha value is -1.75. The van der Waals surface area contributed by atoms with Crippen LogP contribution in [-0.2, 0) is 10.2 Å². The van der Waals surface area contributed by atoms with Crippen molar-refractivity contribution in [1.82, 2.24) is 4.90 Å². The molecule has 3 aliphatic heterocycles. The number of anilines is 1. The van der Waals surface area contributed by atoms with E-state index < -0.39 is 0 Å². The lowest BCUT2D eigenvalue weighted by atomic mass is 9.60. The highest BCUT2D eigenvalue weighted by molar-refractivity contribution is 5.76. The summed E-state index contributed by atoms with van der Waals surface area (Å²) in [6, 6.07) is 8.41. The van der Waals surface area contributed by atoms with Crippen molar-refractivity contribution in [2.24, 2.45) is 5.41 Å². The summed E-state index contributed by atoms with van der Waals surface area (Å²) in [7, 11) is 2.03. The molecule has 118 valence electrons. The normalized spacial score (nSPS) is 32.8. The van der Waals surface area contributed by atoms with Gasteiger partial charge in [0.25, 0.3) is 0 Å². The second kappa shape index (κ2) is 4.16. The van der Waals surface area contributed by atoms with Gasteiger partial charge in [0.2, 0.25) is 0 Å². The number of cyclic esters (lactones) is 1. The Morgan fingerprint density at radius 2 is 2.14 bits per heavy atom. The molecule has 22 heavy (non-hydrogen) atoms. The fourth-order valence-electron chi connectivity index (χ4n) is 4.83. The van der Waals surface area contributed by atoms with E-state index in [-0.39, 0.29) is 35.7 Å². The van der Waals surface area contributed by atoms with E-state index in [1.54, 1.807) is 0 Å². The van der Waals surface area contributed by atoms with E-state index in [1.165, 1.54) is 5.56 Å². The first-order chi connectivity index (χ1) is 10.4. The minimum atomic E-state index is -0.330. The highest BCUT2D eigenvalue weighted by atomic mass is 16.6. The third-order valence-electron chi connectivity index (χ3n) is 6.00. The SMILES string of the molecule is CN1c2ccccc2[C@]2(C(C)(C)CO)C[C@H]3COC(=O)N3[C@H]12. The minimum absolute atomic E-state index is 0.0846. The molecule has 3 atom stereocenters. The Kier molecular flexibility index (Phi) is 2.63. The smallest absolute Gasteiger partial charge is 0.411 e. The van der Waals surface area contributed by atoms with Crippen molar-refractivity contribution in [3.05, 3.63) is 29.8 Å². The van der Waals surface area contributed by atoms with E-state index in [2.05, 4.69) is 30.9 Å². The van der Waals surface area contributed by atoms with Crippen LogP contribution in [0.15, 0.2) is 24.3 Å². The standard InChI is InChI=1S/C17H22N2O3/c1-16(2,10-20)17-8-11-9-22-15(21)19(11)14(17)18(3)13-7-5-4-6-12(13)17/h4-7,11,14,20H,8-10H2,1-3H3/t11-,14-,17+/m0/s1. The van der Waals surface area contributed by atoms with Gasteiger partial charge in [-0.15, -0.1) is 0 Å². The van der Waals surface area contributed by atoms with Crippen molar-refractivity contribution in [2.75, 3.05) is 25.2 Å². The number of carbonyl (C=O) groups is 1. The Labute approximate surface area is 130 Å². The number of fused-ring (bicyclic) bond motifs is 5. The summed E-state index contributed by atoms with van der Waals surface area (Å²) in [6.45, 7) is 4.74. The molecule has 0 bridgehead atoms. The summed E-state index contributed by atoms with van der Waals surface area (Å²) in [5.74, 6) is 0. The van der Waals surface area contributed by atoms with Gasteiger partial charge in [0.05, 0.1) is 6.04 Å². The third kappa shape index (κ3) is 1.36. The summed E-state index contributed by atoms with van der Waals surface area (Å²) in [5.41, 5.74) is 1.79. The molecule has 1 N–H and O–H groups in total. The van der Waals surface area contributed by atoms with Gasteiger partial charge < -0.3 is 14.7 Å². The maximum atomic E-state index is 12.3. The van der Waals surface area contributed by atoms with Gasteiger partial charge >= 0.3 is 6.09 Å². The Bertz CT molecular complexity index is 645. The fourth-order valence-corrected chi connectivity index (χ4v) is 4.83. The van der Waals surface area contributed by atoms with Crippen molar-refractivity contribution in [1.29, 1.82) is 0 Å². The van der Waals surface area contributed by atoms with Crippen molar-refractivity contribution in [3.8, 4) is 0 Å². The maximum absolute atomic E-state index is 12.3. The lowest BCUT2D eigenvalue weighted by Gasteiger charge is -2.45. The molecule has 3 heterocycles. The predicted molar refractivity (Wildman–Crippen MR) is 82.8 cm³/mol. The van der Waals surface area contributed by atoms with Crippen LogP contribution in [0.25, 0.3) is 0 Å². The summed E-state index contributed by atoms with van der Waals surface area (Å²) in [5, 5.41) is 10.1. The Morgan fingerprint density at radius 3 is 2.86 bits per heavy atom. The minimum Gasteiger partial charge on any atom is -0.447 e. The van der Waals surface area contributed by atoms with Crippen LogP contribution in [0.2, 0.25) is 0 Å². The molecule has 5 heteroatoms. The third-order valence-corrected chi connectivity index (χ3v) is 6.00. The monoisotopic (exact) mass is 302 g/mol. The summed E-state index contributed by atoms with van der Waals surface area (Å²) in [4.78, 5) is 16.3. The Morgan fingerprint density at radius 1 is 1.41 bits per heavy atom. The van der Waals surface area contributed by atoms with Crippen LogP contribution in [-0.4, -0.2) is 48.6 Å². The van der Waals surface area contributed by atoms with Gasteiger partial charge in [-0.05, 0) is 18.1 Å². The zero-order valence-electron chi connectivity index (χ0n) is 13.2. The molecular weight excluding hydrogens is 280 g/mol. The Balaban J connectivity index is 1.96. The van der Waals surface area contributed by atoms with E-state index in [0.717, 1.165) is 12.1 Å². The molecule has 2 saturated heterocycles. The number of hydrogen-bond acceptors (Lipinski definition) is 4. The molecule has 0 aromatic heterocycles. The molecule has 3 aliphatic rings. The van der Waals surface area contributed by atoms with E-state index in [1.807, 2.05) is 24.1 Å². The van der Waals surface area contributed by atoms with E-state index in [4.69, 9.17) is 4.74 Å². The molecule has 1 aromatic carbocycles. The molecule has 1 amide bonds.